The molecule has 21 heavy (non-hydrogen) atoms. The average Bonchev–Trinajstić information content (AvgIpc) is 2.81. The lowest BCUT2D eigenvalue weighted by Gasteiger charge is -2.06. The van der Waals surface area contributed by atoms with Crippen LogP contribution in [0.5, 0.6) is 0 Å². The highest BCUT2D eigenvalue weighted by Gasteiger charge is 2.21. The SMILES string of the molecule is Nc1noc(-c2ccc(F)cc2Br)c1-c1ccccc1F. The van der Waals surface area contributed by atoms with Gasteiger partial charge in [-0.2, -0.15) is 0 Å². The van der Waals surface area contributed by atoms with Crippen LogP contribution in [0, 0.1) is 11.6 Å². The third-order valence-corrected chi connectivity index (χ3v) is 3.69. The Kier molecular flexibility index (Phi) is 3.47. The van der Waals surface area contributed by atoms with Crippen LogP contribution in [0.3, 0.4) is 0 Å². The summed E-state index contributed by atoms with van der Waals surface area (Å²) >= 11 is 3.26. The molecule has 0 saturated carbocycles. The lowest BCUT2D eigenvalue weighted by Crippen LogP contribution is -1.92. The molecule has 1 heterocycles. The number of halogens is 3. The van der Waals surface area contributed by atoms with Crippen LogP contribution in [0.4, 0.5) is 14.6 Å². The first-order valence-corrected chi connectivity index (χ1v) is 6.82. The minimum atomic E-state index is -0.438. The van der Waals surface area contributed by atoms with Crippen molar-refractivity contribution in [2.24, 2.45) is 0 Å². The molecular formula is C15H9BrF2N2O. The van der Waals surface area contributed by atoms with Crippen molar-refractivity contribution in [3.05, 3.63) is 58.6 Å². The molecule has 0 saturated heterocycles. The molecule has 1 aromatic heterocycles. The van der Waals surface area contributed by atoms with Gasteiger partial charge >= 0.3 is 0 Å². The van der Waals surface area contributed by atoms with Crippen LogP contribution in [0.25, 0.3) is 22.5 Å². The molecule has 3 rings (SSSR count). The summed E-state index contributed by atoms with van der Waals surface area (Å²) in [5.41, 5.74) is 6.97. The first-order valence-electron chi connectivity index (χ1n) is 6.03. The zero-order valence-corrected chi connectivity index (χ0v) is 12.2. The van der Waals surface area contributed by atoms with Crippen molar-refractivity contribution in [3.63, 3.8) is 0 Å². The van der Waals surface area contributed by atoms with Gasteiger partial charge in [-0.15, -0.1) is 0 Å². The van der Waals surface area contributed by atoms with E-state index >= 15 is 0 Å². The molecule has 0 spiro atoms. The summed E-state index contributed by atoms with van der Waals surface area (Å²) in [7, 11) is 0. The molecule has 2 aromatic carbocycles. The third-order valence-electron chi connectivity index (χ3n) is 3.04. The number of hydrogen-bond acceptors (Lipinski definition) is 3. The Morgan fingerprint density at radius 2 is 1.81 bits per heavy atom. The fourth-order valence-electron chi connectivity index (χ4n) is 2.08. The molecule has 0 aliphatic heterocycles. The number of hydrogen-bond donors (Lipinski definition) is 1. The molecule has 106 valence electrons. The number of rotatable bonds is 2. The molecule has 0 radical (unpaired) electrons. The zero-order chi connectivity index (χ0) is 15.0. The van der Waals surface area contributed by atoms with Gasteiger partial charge in [-0.1, -0.05) is 23.4 Å². The molecule has 0 unspecified atom stereocenters. The number of aromatic nitrogens is 1. The molecule has 2 N–H and O–H groups in total. The number of nitrogen functional groups attached to an aromatic ring is 1. The summed E-state index contributed by atoms with van der Waals surface area (Å²) in [6.45, 7) is 0. The van der Waals surface area contributed by atoms with Crippen molar-refractivity contribution >= 4 is 21.7 Å². The van der Waals surface area contributed by atoms with Gasteiger partial charge in [-0.3, -0.25) is 0 Å². The van der Waals surface area contributed by atoms with E-state index in [4.69, 9.17) is 10.3 Å². The number of nitrogens with zero attached hydrogens (tertiary/aromatic N) is 1. The van der Waals surface area contributed by atoms with E-state index in [1.807, 2.05) is 0 Å². The largest absolute Gasteiger partial charge is 0.380 e. The summed E-state index contributed by atoms with van der Waals surface area (Å²) in [6.07, 6.45) is 0. The van der Waals surface area contributed by atoms with Crippen LogP contribution in [0.15, 0.2) is 51.5 Å². The van der Waals surface area contributed by atoms with Gasteiger partial charge in [0, 0.05) is 15.6 Å². The van der Waals surface area contributed by atoms with Crippen LogP contribution in [-0.4, -0.2) is 5.16 Å². The molecule has 0 aliphatic carbocycles. The monoisotopic (exact) mass is 350 g/mol. The summed E-state index contributed by atoms with van der Waals surface area (Å²) in [5, 5.41) is 3.70. The van der Waals surface area contributed by atoms with Crippen LogP contribution in [0.2, 0.25) is 0 Å². The lowest BCUT2D eigenvalue weighted by atomic mass is 10.0. The highest BCUT2D eigenvalue weighted by Crippen LogP contribution is 2.40. The summed E-state index contributed by atoms with van der Waals surface area (Å²) < 4.78 is 32.9. The maximum atomic E-state index is 14.0. The van der Waals surface area contributed by atoms with Crippen molar-refractivity contribution in [1.82, 2.24) is 5.16 Å². The van der Waals surface area contributed by atoms with Gasteiger partial charge in [0.25, 0.3) is 0 Å². The molecule has 0 aliphatic rings. The Morgan fingerprint density at radius 1 is 1.05 bits per heavy atom. The standard InChI is InChI=1S/C15H9BrF2N2O/c16-11-7-8(17)5-6-9(11)14-13(15(19)20-21-14)10-3-1-2-4-12(10)18/h1-7H,(H2,19,20). The summed E-state index contributed by atoms with van der Waals surface area (Å²) in [5.74, 6) is -0.478. The molecule has 3 nitrogen and oxygen atoms in total. The molecular weight excluding hydrogens is 342 g/mol. The van der Waals surface area contributed by atoms with Gasteiger partial charge in [-0.05, 0) is 40.2 Å². The van der Waals surface area contributed by atoms with Crippen LogP contribution in [-0.2, 0) is 0 Å². The minimum Gasteiger partial charge on any atom is -0.380 e. The highest BCUT2D eigenvalue weighted by molar-refractivity contribution is 9.10. The van der Waals surface area contributed by atoms with Crippen molar-refractivity contribution in [3.8, 4) is 22.5 Å². The Bertz CT molecular complexity index is 817. The Balaban J connectivity index is 2.25. The maximum Gasteiger partial charge on any atom is 0.178 e. The van der Waals surface area contributed by atoms with Gasteiger partial charge in [0.05, 0.1) is 5.56 Å². The molecule has 0 bridgehead atoms. The van der Waals surface area contributed by atoms with Crippen LogP contribution >= 0.6 is 15.9 Å². The van der Waals surface area contributed by atoms with Gasteiger partial charge in [0.1, 0.15) is 11.6 Å². The van der Waals surface area contributed by atoms with Gasteiger partial charge in [-0.25, -0.2) is 8.78 Å². The van der Waals surface area contributed by atoms with E-state index in [0.29, 0.717) is 15.6 Å². The predicted octanol–water partition coefficient (Wildman–Crippen LogP) is 4.63. The average molecular weight is 351 g/mol. The highest BCUT2D eigenvalue weighted by atomic mass is 79.9. The van der Waals surface area contributed by atoms with Crippen molar-refractivity contribution < 1.29 is 13.3 Å². The van der Waals surface area contributed by atoms with Crippen molar-refractivity contribution in [1.29, 1.82) is 0 Å². The van der Waals surface area contributed by atoms with E-state index in [2.05, 4.69) is 21.1 Å². The topological polar surface area (TPSA) is 52.0 Å². The zero-order valence-electron chi connectivity index (χ0n) is 10.6. The molecule has 0 amide bonds. The minimum absolute atomic E-state index is 0.0753. The molecule has 0 fully saturated rings. The lowest BCUT2D eigenvalue weighted by molar-refractivity contribution is 0.435. The van der Waals surface area contributed by atoms with Crippen molar-refractivity contribution in [2.45, 2.75) is 0 Å². The van der Waals surface area contributed by atoms with E-state index in [9.17, 15) is 8.78 Å². The van der Waals surface area contributed by atoms with E-state index in [1.165, 1.54) is 24.3 Å². The molecule has 3 aromatic rings. The Hall–Kier alpha value is -2.21. The Labute approximate surface area is 127 Å². The van der Waals surface area contributed by atoms with Gasteiger partial charge in [0.15, 0.2) is 11.6 Å². The first kappa shape index (κ1) is 13.8. The van der Waals surface area contributed by atoms with E-state index < -0.39 is 11.6 Å². The second kappa shape index (κ2) is 5.29. The number of benzene rings is 2. The smallest absolute Gasteiger partial charge is 0.178 e. The number of nitrogens with two attached hydrogens (primary N) is 1. The predicted molar refractivity (Wildman–Crippen MR) is 79.4 cm³/mol. The maximum absolute atomic E-state index is 14.0. The first-order chi connectivity index (χ1) is 10.1. The second-order valence-electron chi connectivity index (χ2n) is 4.38. The normalized spacial score (nSPS) is 10.8. The number of anilines is 1. The van der Waals surface area contributed by atoms with Gasteiger partial charge < -0.3 is 10.3 Å². The fraction of sp³-hybridized carbons (Fsp3) is 0. The molecule has 6 heteroatoms. The second-order valence-corrected chi connectivity index (χ2v) is 5.23. The fourth-order valence-corrected chi connectivity index (χ4v) is 2.62. The van der Waals surface area contributed by atoms with Crippen LogP contribution in [0.1, 0.15) is 0 Å². The summed E-state index contributed by atoms with van der Waals surface area (Å²) in [4.78, 5) is 0. The quantitative estimate of drug-likeness (QED) is 0.732. The van der Waals surface area contributed by atoms with Crippen molar-refractivity contribution in [2.75, 3.05) is 5.73 Å². The van der Waals surface area contributed by atoms with E-state index in [-0.39, 0.29) is 17.1 Å². The van der Waals surface area contributed by atoms with E-state index in [0.717, 1.165) is 0 Å². The molecule has 0 atom stereocenters. The van der Waals surface area contributed by atoms with Crippen LogP contribution < -0.4 is 5.73 Å². The summed E-state index contributed by atoms with van der Waals surface area (Å²) in [6, 6.07) is 10.3. The third kappa shape index (κ3) is 2.42. The van der Waals surface area contributed by atoms with Gasteiger partial charge in [0.2, 0.25) is 0 Å². The van der Waals surface area contributed by atoms with E-state index in [1.54, 1.807) is 18.2 Å². The Morgan fingerprint density at radius 3 is 2.52 bits per heavy atom.